The molecule has 0 spiro atoms. The molecular formula is C6H11F3N2. The first kappa shape index (κ1) is 8.80. The van der Waals surface area contributed by atoms with Crippen LogP contribution in [0.4, 0.5) is 13.2 Å². The van der Waals surface area contributed by atoms with Gasteiger partial charge in [0, 0.05) is 19.6 Å². The summed E-state index contributed by atoms with van der Waals surface area (Å²) in [6.45, 7) is 1.12. The van der Waals surface area contributed by atoms with Crippen molar-refractivity contribution in [2.24, 2.45) is 0 Å². The lowest BCUT2D eigenvalue weighted by Gasteiger charge is -2.34. The molecule has 0 aliphatic carbocycles. The summed E-state index contributed by atoms with van der Waals surface area (Å²) in [6.07, 6.45) is -4.10. The van der Waals surface area contributed by atoms with Crippen molar-refractivity contribution < 1.29 is 13.2 Å². The van der Waals surface area contributed by atoms with Crippen LogP contribution in [0.1, 0.15) is 0 Å². The van der Waals surface area contributed by atoms with E-state index >= 15 is 0 Å². The maximum atomic E-state index is 12.1. The Morgan fingerprint density at radius 1 is 1.45 bits per heavy atom. The molecule has 0 aromatic heterocycles. The van der Waals surface area contributed by atoms with Gasteiger partial charge in [-0.15, -0.1) is 0 Å². The summed E-state index contributed by atoms with van der Waals surface area (Å²) in [5, 5.41) is 2.71. The van der Waals surface area contributed by atoms with E-state index in [1.54, 1.807) is 0 Å². The molecule has 1 aliphatic heterocycles. The maximum absolute atomic E-state index is 12.1. The van der Waals surface area contributed by atoms with Gasteiger partial charge in [-0.3, -0.25) is 4.90 Å². The molecule has 0 amide bonds. The smallest absolute Gasteiger partial charge is 0.314 e. The van der Waals surface area contributed by atoms with E-state index in [0.29, 0.717) is 13.1 Å². The van der Waals surface area contributed by atoms with E-state index < -0.39 is 12.2 Å². The van der Waals surface area contributed by atoms with Crippen LogP contribution in [-0.2, 0) is 0 Å². The summed E-state index contributed by atoms with van der Waals surface area (Å²) in [5.74, 6) is 0. The van der Waals surface area contributed by atoms with Crippen LogP contribution in [-0.4, -0.2) is 43.8 Å². The minimum absolute atomic E-state index is 0.0139. The molecule has 0 bridgehead atoms. The first-order valence-corrected chi connectivity index (χ1v) is 3.49. The van der Waals surface area contributed by atoms with E-state index in [4.69, 9.17) is 0 Å². The molecule has 1 heterocycles. The zero-order valence-electron chi connectivity index (χ0n) is 6.28. The van der Waals surface area contributed by atoms with Crippen LogP contribution in [0.15, 0.2) is 0 Å². The molecule has 1 saturated heterocycles. The van der Waals surface area contributed by atoms with E-state index in [-0.39, 0.29) is 6.54 Å². The molecule has 0 aromatic carbocycles. The van der Waals surface area contributed by atoms with Gasteiger partial charge in [0.25, 0.3) is 0 Å². The fraction of sp³-hybridized carbons (Fsp3) is 1.00. The monoisotopic (exact) mass is 168 g/mol. The summed E-state index contributed by atoms with van der Waals surface area (Å²) < 4.78 is 36.3. The van der Waals surface area contributed by atoms with Gasteiger partial charge >= 0.3 is 6.18 Å². The minimum atomic E-state index is -4.10. The Labute approximate surface area is 63.4 Å². The average Bonchev–Trinajstić information content (AvgIpc) is 1.86. The van der Waals surface area contributed by atoms with Crippen molar-refractivity contribution in [2.75, 3.05) is 26.7 Å². The number of rotatable bonds is 0. The largest absolute Gasteiger partial charge is 0.405 e. The van der Waals surface area contributed by atoms with Crippen LogP contribution in [0.25, 0.3) is 0 Å². The second kappa shape index (κ2) is 2.98. The van der Waals surface area contributed by atoms with Crippen LogP contribution in [0.2, 0.25) is 0 Å². The first-order valence-electron chi connectivity index (χ1n) is 3.49. The number of nitrogens with zero attached hydrogens (tertiary/aromatic N) is 1. The predicted octanol–water partition coefficient (Wildman–Crippen LogP) is 0.452. The lowest BCUT2D eigenvalue weighted by Crippen LogP contribution is -2.56. The molecule has 2 nitrogen and oxygen atoms in total. The van der Waals surface area contributed by atoms with Gasteiger partial charge in [-0.1, -0.05) is 0 Å². The van der Waals surface area contributed by atoms with E-state index in [2.05, 4.69) is 5.32 Å². The third-order valence-electron chi connectivity index (χ3n) is 1.89. The zero-order valence-corrected chi connectivity index (χ0v) is 6.28. The summed E-state index contributed by atoms with van der Waals surface area (Å²) >= 11 is 0. The number of hydrogen-bond acceptors (Lipinski definition) is 2. The number of piperazine rings is 1. The van der Waals surface area contributed by atoms with Gasteiger partial charge in [0.15, 0.2) is 0 Å². The van der Waals surface area contributed by atoms with Crippen LogP contribution in [0.5, 0.6) is 0 Å². The highest BCUT2D eigenvalue weighted by atomic mass is 19.4. The quantitative estimate of drug-likeness (QED) is 0.565. The van der Waals surface area contributed by atoms with Crippen LogP contribution in [0.3, 0.4) is 0 Å². The van der Waals surface area contributed by atoms with Gasteiger partial charge in [0.2, 0.25) is 0 Å². The summed E-state index contributed by atoms with van der Waals surface area (Å²) in [5.41, 5.74) is 0. The Bertz CT molecular complexity index is 134. The van der Waals surface area contributed by atoms with E-state index in [0.717, 1.165) is 0 Å². The van der Waals surface area contributed by atoms with Crippen LogP contribution >= 0.6 is 0 Å². The van der Waals surface area contributed by atoms with E-state index in [9.17, 15) is 13.2 Å². The maximum Gasteiger partial charge on any atom is 0.405 e. The molecule has 1 fully saturated rings. The van der Waals surface area contributed by atoms with Crippen molar-refractivity contribution in [1.82, 2.24) is 10.2 Å². The SMILES string of the molecule is CN1CCNCC1C(F)(F)F. The normalized spacial score (nSPS) is 28.9. The van der Waals surface area contributed by atoms with Gasteiger partial charge in [-0.05, 0) is 7.05 Å². The molecule has 0 saturated carbocycles. The third kappa shape index (κ3) is 2.07. The minimum Gasteiger partial charge on any atom is -0.314 e. The topological polar surface area (TPSA) is 15.3 Å². The van der Waals surface area contributed by atoms with Crippen LogP contribution in [0, 0.1) is 0 Å². The third-order valence-corrected chi connectivity index (χ3v) is 1.89. The molecule has 1 atom stereocenters. The van der Waals surface area contributed by atoms with Gasteiger partial charge < -0.3 is 5.32 Å². The Morgan fingerprint density at radius 3 is 2.45 bits per heavy atom. The van der Waals surface area contributed by atoms with Crippen molar-refractivity contribution in [1.29, 1.82) is 0 Å². The van der Waals surface area contributed by atoms with Crippen molar-refractivity contribution in [3.63, 3.8) is 0 Å². The number of likely N-dealkylation sites (N-methyl/N-ethyl adjacent to an activating group) is 1. The van der Waals surface area contributed by atoms with Crippen molar-refractivity contribution in [3.05, 3.63) is 0 Å². The highest BCUT2D eigenvalue weighted by molar-refractivity contribution is 4.82. The van der Waals surface area contributed by atoms with Crippen LogP contribution < -0.4 is 5.32 Å². The highest BCUT2D eigenvalue weighted by Crippen LogP contribution is 2.24. The van der Waals surface area contributed by atoms with Gasteiger partial charge in [-0.2, -0.15) is 13.2 Å². The highest BCUT2D eigenvalue weighted by Gasteiger charge is 2.42. The molecule has 1 rings (SSSR count). The van der Waals surface area contributed by atoms with Gasteiger partial charge in [-0.25, -0.2) is 0 Å². The fourth-order valence-electron chi connectivity index (χ4n) is 1.17. The van der Waals surface area contributed by atoms with Crippen molar-refractivity contribution in [2.45, 2.75) is 12.2 Å². The van der Waals surface area contributed by atoms with Gasteiger partial charge in [0.1, 0.15) is 6.04 Å². The first-order chi connectivity index (χ1) is 5.02. The molecule has 1 N–H and O–H groups in total. The lowest BCUT2D eigenvalue weighted by molar-refractivity contribution is -0.183. The summed E-state index contributed by atoms with van der Waals surface area (Å²) in [6, 6.07) is -1.31. The predicted molar refractivity (Wildman–Crippen MR) is 35.3 cm³/mol. The second-order valence-electron chi connectivity index (χ2n) is 2.74. The van der Waals surface area contributed by atoms with E-state index in [1.165, 1.54) is 11.9 Å². The zero-order chi connectivity index (χ0) is 8.48. The number of hydrogen-bond donors (Lipinski definition) is 1. The average molecular weight is 168 g/mol. The molecule has 66 valence electrons. The molecule has 0 radical (unpaired) electrons. The molecule has 5 heteroatoms. The van der Waals surface area contributed by atoms with E-state index in [1.807, 2.05) is 0 Å². The standard InChI is InChI=1S/C6H11F3N2/c1-11-3-2-10-4-5(11)6(7,8)9/h5,10H,2-4H2,1H3. The second-order valence-corrected chi connectivity index (χ2v) is 2.74. The van der Waals surface area contributed by atoms with Gasteiger partial charge in [0.05, 0.1) is 0 Å². The fourth-order valence-corrected chi connectivity index (χ4v) is 1.17. The van der Waals surface area contributed by atoms with Crippen molar-refractivity contribution in [3.8, 4) is 0 Å². The molecule has 1 aliphatic rings. The number of alkyl halides is 3. The lowest BCUT2D eigenvalue weighted by atomic mass is 10.2. The molecule has 0 aromatic rings. The summed E-state index contributed by atoms with van der Waals surface area (Å²) in [7, 11) is 1.50. The molecular weight excluding hydrogens is 157 g/mol. The Balaban J connectivity index is 2.55. The molecule has 11 heavy (non-hydrogen) atoms. The Kier molecular flexibility index (Phi) is 2.39. The Hall–Kier alpha value is -0.290. The summed E-state index contributed by atoms with van der Waals surface area (Å²) in [4.78, 5) is 1.33. The number of nitrogens with one attached hydrogen (secondary N) is 1. The molecule has 1 unspecified atom stereocenters. The van der Waals surface area contributed by atoms with Crippen molar-refractivity contribution >= 4 is 0 Å². The Morgan fingerprint density at radius 2 is 2.09 bits per heavy atom. The number of halogens is 3.